The molecule has 0 radical (unpaired) electrons. The number of rotatable bonds is 5. The second kappa shape index (κ2) is 6.71. The molecule has 2 rings (SSSR count). The van der Waals surface area contributed by atoms with Crippen molar-refractivity contribution in [2.24, 2.45) is 5.92 Å². The van der Waals surface area contributed by atoms with Gasteiger partial charge in [-0.15, -0.1) is 0 Å². The van der Waals surface area contributed by atoms with Crippen molar-refractivity contribution in [2.45, 2.75) is 39.3 Å². The first-order valence-electron chi connectivity index (χ1n) is 7.19. The molecule has 1 aliphatic heterocycles. The van der Waals surface area contributed by atoms with Gasteiger partial charge in [0.2, 0.25) is 5.91 Å². The molecule has 104 valence electrons. The smallest absolute Gasteiger partial charge is 0.220 e. The van der Waals surface area contributed by atoms with Crippen LogP contribution in [0.2, 0.25) is 0 Å². The lowest BCUT2D eigenvalue weighted by molar-refractivity contribution is -0.122. The Bertz CT molecular complexity index is 402. The van der Waals surface area contributed by atoms with Crippen molar-refractivity contribution >= 4 is 5.91 Å². The van der Waals surface area contributed by atoms with Crippen LogP contribution in [0.4, 0.5) is 0 Å². The molecule has 0 bridgehead atoms. The molecule has 3 nitrogen and oxygen atoms in total. The topological polar surface area (TPSA) is 32.3 Å². The van der Waals surface area contributed by atoms with Crippen LogP contribution in [0.1, 0.15) is 32.3 Å². The maximum absolute atomic E-state index is 11.7. The van der Waals surface area contributed by atoms with Crippen LogP contribution in [0.3, 0.4) is 0 Å². The van der Waals surface area contributed by atoms with Crippen LogP contribution in [0.15, 0.2) is 30.3 Å². The minimum absolute atomic E-state index is 0.196. The zero-order valence-electron chi connectivity index (χ0n) is 11.9. The number of nitrogens with zero attached hydrogens (tertiary/aromatic N) is 1. The van der Waals surface area contributed by atoms with E-state index in [9.17, 15) is 4.79 Å². The molecule has 1 aromatic rings. The molecule has 19 heavy (non-hydrogen) atoms. The van der Waals surface area contributed by atoms with Gasteiger partial charge in [-0.2, -0.15) is 0 Å². The molecule has 1 heterocycles. The third-order valence-corrected chi connectivity index (χ3v) is 3.48. The summed E-state index contributed by atoms with van der Waals surface area (Å²) in [7, 11) is 0. The van der Waals surface area contributed by atoms with E-state index in [2.05, 4.69) is 48.3 Å². The molecule has 1 aliphatic rings. The molecule has 3 heteroatoms. The monoisotopic (exact) mass is 260 g/mol. The van der Waals surface area contributed by atoms with E-state index in [1.54, 1.807) is 0 Å². The molecule has 0 saturated carbocycles. The normalized spacial score (nSPS) is 19.8. The maximum Gasteiger partial charge on any atom is 0.220 e. The van der Waals surface area contributed by atoms with Gasteiger partial charge in [0.25, 0.3) is 0 Å². The number of hydrogen-bond donors (Lipinski definition) is 1. The van der Waals surface area contributed by atoms with E-state index < -0.39 is 0 Å². The van der Waals surface area contributed by atoms with Crippen LogP contribution in [-0.4, -0.2) is 29.9 Å². The highest BCUT2D eigenvalue weighted by molar-refractivity contribution is 5.76. The number of carbonyl (C=O) groups excluding carboxylic acids is 1. The van der Waals surface area contributed by atoms with Crippen molar-refractivity contribution in [1.29, 1.82) is 0 Å². The molecule has 1 saturated heterocycles. The number of amides is 1. The molecule has 1 atom stereocenters. The fourth-order valence-electron chi connectivity index (χ4n) is 2.59. The fourth-order valence-corrected chi connectivity index (χ4v) is 2.59. The first-order chi connectivity index (χ1) is 9.13. The van der Waals surface area contributed by atoms with E-state index in [4.69, 9.17) is 0 Å². The second-order valence-corrected chi connectivity index (χ2v) is 5.87. The zero-order chi connectivity index (χ0) is 13.7. The highest BCUT2D eigenvalue weighted by Gasteiger charge is 2.23. The van der Waals surface area contributed by atoms with Crippen molar-refractivity contribution < 1.29 is 4.79 Å². The standard InChI is InChI=1S/C16H24N2O/c1-13(2)10-16(19)17-15-8-9-18(12-15)11-14-6-4-3-5-7-14/h3-7,13,15H,8-12H2,1-2H3,(H,17,19)/t15-/m1/s1. The largest absolute Gasteiger partial charge is 0.352 e. The third kappa shape index (κ3) is 4.67. The molecular weight excluding hydrogens is 236 g/mol. The summed E-state index contributed by atoms with van der Waals surface area (Å²) in [5.74, 6) is 0.628. The lowest BCUT2D eigenvalue weighted by atomic mass is 10.1. The summed E-state index contributed by atoms with van der Waals surface area (Å²) >= 11 is 0. The van der Waals surface area contributed by atoms with Gasteiger partial charge < -0.3 is 5.32 Å². The van der Waals surface area contributed by atoms with Gasteiger partial charge in [0.15, 0.2) is 0 Å². The Labute approximate surface area is 116 Å². The average Bonchev–Trinajstić information content (AvgIpc) is 2.76. The number of nitrogens with one attached hydrogen (secondary N) is 1. The fraction of sp³-hybridized carbons (Fsp3) is 0.562. The van der Waals surface area contributed by atoms with E-state index in [1.807, 2.05) is 6.07 Å². The van der Waals surface area contributed by atoms with E-state index in [1.165, 1.54) is 5.56 Å². The Hall–Kier alpha value is -1.35. The molecular formula is C16H24N2O. The van der Waals surface area contributed by atoms with Crippen LogP contribution >= 0.6 is 0 Å². The number of carbonyl (C=O) groups is 1. The highest BCUT2D eigenvalue weighted by Crippen LogP contribution is 2.13. The lowest BCUT2D eigenvalue weighted by Gasteiger charge is -2.17. The second-order valence-electron chi connectivity index (χ2n) is 5.87. The van der Waals surface area contributed by atoms with E-state index in [0.717, 1.165) is 26.1 Å². The van der Waals surface area contributed by atoms with Gasteiger partial charge in [0.1, 0.15) is 0 Å². The number of hydrogen-bond acceptors (Lipinski definition) is 2. The first-order valence-corrected chi connectivity index (χ1v) is 7.19. The van der Waals surface area contributed by atoms with Crippen LogP contribution < -0.4 is 5.32 Å². The zero-order valence-corrected chi connectivity index (χ0v) is 11.9. The van der Waals surface area contributed by atoms with Gasteiger partial charge in [0.05, 0.1) is 0 Å². The minimum Gasteiger partial charge on any atom is -0.352 e. The highest BCUT2D eigenvalue weighted by atomic mass is 16.1. The van der Waals surface area contributed by atoms with E-state index in [0.29, 0.717) is 18.4 Å². The van der Waals surface area contributed by atoms with Gasteiger partial charge in [0, 0.05) is 32.1 Å². The van der Waals surface area contributed by atoms with Crippen LogP contribution in [0.25, 0.3) is 0 Å². The Kier molecular flexibility index (Phi) is 4.97. The van der Waals surface area contributed by atoms with Gasteiger partial charge in [-0.25, -0.2) is 0 Å². The molecule has 1 N–H and O–H groups in total. The molecule has 0 aromatic heterocycles. The molecule has 1 amide bonds. The Morgan fingerprint density at radius 1 is 1.37 bits per heavy atom. The molecule has 1 fully saturated rings. The summed E-state index contributed by atoms with van der Waals surface area (Å²) in [6.07, 6.45) is 1.70. The lowest BCUT2D eigenvalue weighted by Crippen LogP contribution is -2.37. The summed E-state index contributed by atoms with van der Waals surface area (Å²) in [6.45, 7) is 7.18. The predicted octanol–water partition coefficient (Wildman–Crippen LogP) is 2.42. The molecule has 0 unspecified atom stereocenters. The predicted molar refractivity (Wildman–Crippen MR) is 77.7 cm³/mol. The summed E-state index contributed by atoms with van der Waals surface area (Å²) < 4.78 is 0. The van der Waals surface area contributed by atoms with Gasteiger partial charge in [-0.05, 0) is 17.9 Å². The van der Waals surface area contributed by atoms with E-state index in [-0.39, 0.29) is 5.91 Å². The quantitative estimate of drug-likeness (QED) is 0.882. The summed E-state index contributed by atoms with van der Waals surface area (Å²) in [4.78, 5) is 14.2. The Balaban J connectivity index is 1.76. The van der Waals surface area contributed by atoms with Gasteiger partial charge in [-0.3, -0.25) is 9.69 Å². The van der Waals surface area contributed by atoms with Crippen molar-refractivity contribution in [3.8, 4) is 0 Å². The van der Waals surface area contributed by atoms with Gasteiger partial charge >= 0.3 is 0 Å². The molecule has 0 aliphatic carbocycles. The van der Waals surface area contributed by atoms with Crippen LogP contribution in [0.5, 0.6) is 0 Å². The van der Waals surface area contributed by atoms with Crippen molar-refractivity contribution in [3.05, 3.63) is 35.9 Å². The third-order valence-electron chi connectivity index (χ3n) is 3.48. The average molecular weight is 260 g/mol. The number of likely N-dealkylation sites (tertiary alicyclic amines) is 1. The minimum atomic E-state index is 0.196. The Morgan fingerprint density at radius 3 is 2.79 bits per heavy atom. The summed E-state index contributed by atoms with van der Waals surface area (Å²) in [6, 6.07) is 10.8. The van der Waals surface area contributed by atoms with Crippen LogP contribution in [-0.2, 0) is 11.3 Å². The SMILES string of the molecule is CC(C)CC(=O)N[C@@H]1CCN(Cc2ccccc2)C1. The first kappa shape index (κ1) is 14.1. The van der Waals surface area contributed by atoms with Crippen LogP contribution in [0, 0.1) is 5.92 Å². The van der Waals surface area contributed by atoms with Crippen molar-refractivity contribution in [1.82, 2.24) is 10.2 Å². The van der Waals surface area contributed by atoms with Gasteiger partial charge in [-0.1, -0.05) is 44.2 Å². The Morgan fingerprint density at radius 2 is 2.11 bits per heavy atom. The maximum atomic E-state index is 11.7. The molecule has 0 spiro atoms. The van der Waals surface area contributed by atoms with E-state index >= 15 is 0 Å². The molecule has 1 aromatic carbocycles. The summed E-state index contributed by atoms with van der Waals surface area (Å²) in [5, 5.41) is 3.15. The number of benzene rings is 1. The van der Waals surface area contributed by atoms with Crippen molar-refractivity contribution in [3.63, 3.8) is 0 Å². The van der Waals surface area contributed by atoms with Crippen molar-refractivity contribution in [2.75, 3.05) is 13.1 Å². The summed E-state index contributed by atoms with van der Waals surface area (Å²) in [5.41, 5.74) is 1.34.